The van der Waals surface area contributed by atoms with E-state index in [0.717, 1.165) is 6.42 Å². The fraction of sp³-hybridized carbons (Fsp3) is 0.765. The van der Waals surface area contributed by atoms with Crippen LogP contribution < -0.4 is 0 Å². The smallest absolute Gasteiger partial charge is 0.303 e. The summed E-state index contributed by atoms with van der Waals surface area (Å²) in [6.07, 6.45) is -0.0379. The van der Waals surface area contributed by atoms with Gasteiger partial charge in [0.1, 0.15) is 0 Å². The lowest BCUT2D eigenvalue weighted by Crippen LogP contribution is -2.59. The summed E-state index contributed by atoms with van der Waals surface area (Å²) in [5, 5.41) is 20.3. The van der Waals surface area contributed by atoms with Gasteiger partial charge in [-0.25, -0.2) is 0 Å². The standard InChI is InChI=1S/C17H24O7/c1-9-4-5-14(23-10(2)18)17(24-9)7-11-6-13(19)16(3,21)15(20)12(11)8-22-17/h9,13-14,19,21H,4-8H2,1-3H3/t9-,13+,14-,16+,17+/m0/s1. The number of aliphatic hydroxyl groups excluding tert-OH is 1. The first kappa shape index (κ1) is 17.5. The minimum atomic E-state index is -1.80. The van der Waals surface area contributed by atoms with Gasteiger partial charge in [0, 0.05) is 18.9 Å². The van der Waals surface area contributed by atoms with E-state index in [0.29, 0.717) is 17.6 Å². The third-order valence-electron chi connectivity index (χ3n) is 5.20. The van der Waals surface area contributed by atoms with Crippen LogP contribution in [0, 0.1) is 0 Å². The fourth-order valence-electron chi connectivity index (χ4n) is 3.77. The molecule has 1 aliphatic carbocycles. The summed E-state index contributed by atoms with van der Waals surface area (Å²) in [4.78, 5) is 23.8. The summed E-state index contributed by atoms with van der Waals surface area (Å²) >= 11 is 0. The molecule has 24 heavy (non-hydrogen) atoms. The zero-order valence-corrected chi connectivity index (χ0v) is 14.2. The molecule has 0 saturated carbocycles. The van der Waals surface area contributed by atoms with E-state index in [1.165, 1.54) is 13.8 Å². The van der Waals surface area contributed by atoms with Crippen LogP contribution in [0.3, 0.4) is 0 Å². The minimum Gasteiger partial charge on any atom is -0.457 e. The van der Waals surface area contributed by atoms with Crippen LogP contribution in [-0.4, -0.2) is 58.3 Å². The van der Waals surface area contributed by atoms with Gasteiger partial charge < -0.3 is 24.4 Å². The minimum absolute atomic E-state index is 0.0263. The highest BCUT2D eigenvalue weighted by atomic mass is 16.7. The highest BCUT2D eigenvalue weighted by Crippen LogP contribution is 2.45. The normalized spacial score (nSPS) is 42.9. The Bertz CT molecular complexity index is 594. The molecule has 1 spiro atoms. The number of carbonyl (C=O) groups excluding carboxylic acids is 2. The van der Waals surface area contributed by atoms with E-state index in [4.69, 9.17) is 14.2 Å². The number of esters is 1. The van der Waals surface area contributed by atoms with Crippen molar-refractivity contribution in [2.75, 3.05) is 6.61 Å². The molecular formula is C17H24O7. The number of Topliss-reactive ketones (excluding diaryl/α,β-unsaturated/α-hetero) is 1. The SMILES string of the molecule is CC(=O)O[C@H]1CC[C@H](C)O[C@]12CC1=C(CO2)C(=O)[C@](C)(O)[C@H](O)C1. The maximum Gasteiger partial charge on any atom is 0.303 e. The number of rotatable bonds is 1. The molecule has 0 unspecified atom stereocenters. The van der Waals surface area contributed by atoms with Gasteiger partial charge >= 0.3 is 5.97 Å². The molecule has 0 aromatic heterocycles. The van der Waals surface area contributed by atoms with E-state index in [1.54, 1.807) is 0 Å². The Morgan fingerprint density at radius 3 is 2.75 bits per heavy atom. The second-order valence-electron chi connectivity index (χ2n) is 7.16. The number of ketones is 1. The van der Waals surface area contributed by atoms with Gasteiger partial charge in [0.05, 0.1) is 18.8 Å². The summed E-state index contributed by atoms with van der Waals surface area (Å²) in [7, 11) is 0. The van der Waals surface area contributed by atoms with Gasteiger partial charge in [0.25, 0.3) is 0 Å². The van der Waals surface area contributed by atoms with Crippen molar-refractivity contribution < 1.29 is 34.0 Å². The van der Waals surface area contributed by atoms with Crippen LogP contribution >= 0.6 is 0 Å². The summed E-state index contributed by atoms with van der Waals surface area (Å²) in [6, 6.07) is 0. The third-order valence-corrected chi connectivity index (χ3v) is 5.20. The highest BCUT2D eigenvalue weighted by molar-refractivity contribution is 6.04. The molecule has 0 radical (unpaired) electrons. The second kappa shape index (κ2) is 5.91. The fourth-order valence-corrected chi connectivity index (χ4v) is 3.77. The van der Waals surface area contributed by atoms with E-state index >= 15 is 0 Å². The van der Waals surface area contributed by atoms with Gasteiger partial charge in [-0.05, 0) is 33.1 Å². The first-order valence-corrected chi connectivity index (χ1v) is 8.31. The van der Waals surface area contributed by atoms with Crippen LogP contribution in [0.5, 0.6) is 0 Å². The average molecular weight is 340 g/mol. The molecule has 0 amide bonds. The van der Waals surface area contributed by atoms with Gasteiger partial charge in [-0.2, -0.15) is 0 Å². The summed E-state index contributed by atoms with van der Waals surface area (Å²) in [5.41, 5.74) is -0.709. The van der Waals surface area contributed by atoms with Crippen LogP contribution in [-0.2, 0) is 23.8 Å². The third kappa shape index (κ3) is 2.79. The molecular weight excluding hydrogens is 316 g/mol. The van der Waals surface area contributed by atoms with Crippen molar-refractivity contribution in [2.24, 2.45) is 0 Å². The lowest BCUT2D eigenvalue weighted by Gasteiger charge is -2.49. The molecule has 134 valence electrons. The predicted octanol–water partition coefficient (Wildman–Crippen LogP) is 0.615. The lowest BCUT2D eigenvalue weighted by molar-refractivity contribution is -0.321. The molecule has 5 atom stereocenters. The van der Waals surface area contributed by atoms with Crippen LogP contribution in [0.25, 0.3) is 0 Å². The first-order valence-electron chi connectivity index (χ1n) is 8.31. The van der Waals surface area contributed by atoms with Gasteiger partial charge in [-0.3, -0.25) is 9.59 Å². The lowest BCUT2D eigenvalue weighted by atomic mass is 9.74. The molecule has 3 rings (SSSR count). The Kier molecular flexibility index (Phi) is 4.32. The van der Waals surface area contributed by atoms with Crippen molar-refractivity contribution >= 4 is 11.8 Å². The van der Waals surface area contributed by atoms with E-state index in [9.17, 15) is 19.8 Å². The number of aliphatic hydroxyl groups is 2. The van der Waals surface area contributed by atoms with Crippen LogP contribution in [0.2, 0.25) is 0 Å². The van der Waals surface area contributed by atoms with E-state index in [-0.39, 0.29) is 25.6 Å². The maximum atomic E-state index is 12.4. The maximum absolute atomic E-state index is 12.4. The van der Waals surface area contributed by atoms with Crippen molar-refractivity contribution in [1.29, 1.82) is 0 Å². The largest absolute Gasteiger partial charge is 0.457 e. The molecule has 1 fully saturated rings. The molecule has 0 aromatic carbocycles. The Labute approximate surface area is 140 Å². The summed E-state index contributed by atoms with van der Waals surface area (Å²) in [6.45, 7) is 4.55. The molecule has 1 saturated heterocycles. The monoisotopic (exact) mass is 340 g/mol. The van der Waals surface area contributed by atoms with E-state index < -0.39 is 35.3 Å². The molecule has 2 N–H and O–H groups in total. The Morgan fingerprint density at radius 2 is 2.08 bits per heavy atom. The van der Waals surface area contributed by atoms with Crippen molar-refractivity contribution in [1.82, 2.24) is 0 Å². The zero-order valence-electron chi connectivity index (χ0n) is 14.2. The number of ether oxygens (including phenoxy) is 3. The van der Waals surface area contributed by atoms with Gasteiger partial charge in [0.15, 0.2) is 17.5 Å². The Hall–Kier alpha value is -1.28. The number of carbonyl (C=O) groups is 2. The highest BCUT2D eigenvalue weighted by Gasteiger charge is 2.54. The summed E-state index contributed by atoms with van der Waals surface area (Å²) < 4.78 is 17.3. The van der Waals surface area contributed by atoms with Gasteiger partial charge in [-0.1, -0.05) is 5.57 Å². The topological polar surface area (TPSA) is 102 Å². The number of hydrogen-bond acceptors (Lipinski definition) is 7. The molecule has 2 aliphatic heterocycles. The van der Waals surface area contributed by atoms with E-state index in [2.05, 4.69) is 0 Å². The Balaban J connectivity index is 1.92. The van der Waals surface area contributed by atoms with Crippen LogP contribution in [0.15, 0.2) is 11.1 Å². The van der Waals surface area contributed by atoms with Gasteiger partial charge in [0.2, 0.25) is 5.79 Å². The average Bonchev–Trinajstić information content (AvgIpc) is 2.48. The molecule has 7 heteroatoms. The Morgan fingerprint density at radius 1 is 1.38 bits per heavy atom. The van der Waals surface area contributed by atoms with Gasteiger partial charge in [-0.15, -0.1) is 0 Å². The molecule has 7 nitrogen and oxygen atoms in total. The molecule has 3 aliphatic rings. The van der Waals surface area contributed by atoms with Crippen molar-refractivity contribution in [2.45, 2.75) is 76.2 Å². The quantitative estimate of drug-likeness (QED) is 0.674. The number of hydrogen-bond donors (Lipinski definition) is 2. The second-order valence-corrected chi connectivity index (χ2v) is 7.16. The first-order chi connectivity index (χ1) is 11.2. The van der Waals surface area contributed by atoms with Crippen molar-refractivity contribution in [3.63, 3.8) is 0 Å². The van der Waals surface area contributed by atoms with Crippen molar-refractivity contribution in [3.8, 4) is 0 Å². The molecule has 0 bridgehead atoms. The predicted molar refractivity (Wildman–Crippen MR) is 81.9 cm³/mol. The van der Waals surface area contributed by atoms with Crippen LogP contribution in [0.4, 0.5) is 0 Å². The molecule has 2 heterocycles. The van der Waals surface area contributed by atoms with Crippen molar-refractivity contribution in [3.05, 3.63) is 11.1 Å². The zero-order chi connectivity index (χ0) is 17.7. The van der Waals surface area contributed by atoms with Crippen LogP contribution in [0.1, 0.15) is 46.5 Å². The summed E-state index contributed by atoms with van der Waals surface area (Å²) in [5.74, 6) is -2.06. The van der Waals surface area contributed by atoms with E-state index in [1.807, 2.05) is 6.92 Å². The molecule has 0 aromatic rings.